The molecular formula is C30H45NO5. The highest BCUT2D eigenvalue weighted by molar-refractivity contribution is 5.88. The Balaban J connectivity index is 1.82. The lowest BCUT2D eigenvalue weighted by atomic mass is 9.73. The van der Waals surface area contributed by atoms with Crippen molar-refractivity contribution in [2.45, 2.75) is 105 Å². The van der Waals surface area contributed by atoms with E-state index in [0.29, 0.717) is 11.8 Å². The number of carbonyl (C=O) groups is 2. The average molecular weight is 500 g/mol. The highest BCUT2D eigenvalue weighted by Crippen LogP contribution is 2.47. The predicted octanol–water partition coefficient (Wildman–Crippen LogP) is 5.15. The van der Waals surface area contributed by atoms with E-state index < -0.39 is 35.6 Å². The van der Waals surface area contributed by atoms with E-state index >= 15 is 0 Å². The third kappa shape index (κ3) is 7.04. The zero-order chi connectivity index (χ0) is 26.6. The second-order valence-electron chi connectivity index (χ2n) is 11.8. The van der Waals surface area contributed by atoms with Crippen LogP contribution in [0, 0.1) is 29.1 Å². The van der Waals surface area contributed by atoms with Crippen molar-refractivity contribution in [1.29, 1.82) is 0 Å². The van der Waals surface area contributed by atoms with Crippen LogP contribution in [-0.4, -0.2) is 45.3 Å². The maximum atomic E-state index is 13.2. The number of aryl methyl sites for hydroxylation is 1. The maximum absolute atomic E-state index is 13.2. The van der Waals surface area contributed by atoms with E-state index in [9.17, 15) is 19.8 Å². The van der Waals surface area contributed by atoms with Crippen LogP contribution in [0.4, 0.5) is 0 Å². The zero-order valence-corrected chi connectivity index (χ0v) is 22.9. The van der Waals surface area contributed by atoms with Gasteiger partial charge in [0.25, 0.3) is 0 Å². The van der Waals surface area contributed by atoms with Gasteiger partial charge in [0.1, 0.15) is 11.9 Å². The number of hydrogen-bond acceptors (Lipinski definition) is 6. The van der Waals surface area contributed by atoms with Gasteiger partial charge in [-0.1, -0.05) is 53.5 Å². The summed E-state index contributed by atoms with van der Waals surface area (Å²) in [6, 6.07) is 4.04. The van der Waals surface area contributed by atoms with Gasteiger partial charge in [-0.15, -0.1) is 0 Å². The lowest BCUT2D eigenvalue weighted by Crippen LogP contribution is -2.45. The third-order valence-corrected chi connectivity index (χ3v) is 8.57. The third-order valence-electron chi connectivity index (χ3n) is 8.57. The molecule has 200 valence electrons. The molecule has 6 nitrogen and oxygen atoms in total. The van der Waals surface area contributed by atoms with E-state index in [0.717, 1.165) is 49.8 Å². The first kappa shape index (κ1) is 28.5. The van der Waals surface area contributed by atoms with Gasteiger partial charge in [0, 0.05) is 12.1 Å². The molecule has 2 heterocycles. The lowest BCUT2D eigenvalue weighted by molar-refractivity contribution is -0.154. The standard InChI is InChI=1S/C30H45NO5/c1-7-21-11-12-24(31-17-21)13-19(3)25-15-23-14-22(23)10-8-9-18(2)28(34)20(4)29(35)30(5,6)26(32)16-27(33)36-25/h11-13,17-18,20,22-23,25-26,28,32,34H,7-10,14-16H2,1-6H3/b19-13+/t18-,20+,22+,23-,25-,26-,28-/m0/s1. The number of aliphatic hydroxyl groups is 2. The summed E-state index contributed by atoms with van der Waals surface area (Å²) in [5.74, 6) is -0.270. The first-order chi connectivity index (χ1) is 16.9. The van der Waals surface area contributed by atoms with Crippen LogP contribution in [0.5, 0.6) is 0 Å². The summed E-state index contributed by atoms with van der Waals surface area (Å²) in [4.78, 5) is 30.7. The molecule has 1 aliphatic carbocycles. The molecule has 36 heavy (non-hydrogen) atoms. The minimum atomic E-state index is -1.20. The topological polar surface area (TPSA) is 96.7 Å². The van der Waals surface area contributed by atoms with Crippen molar-refractivity contribution in [1.82, 2.24) is 4.98 Å². The number of Topliss-reactive ketones (excluding diaryl/α,β-unsaturated/α-hetero) is 1. The van der Waals surface area contributed by atoms with E-state index in [-0.39, 0.29) is 18.1 Å². The minimum absolute atomic E-state index is 0.00325. The molecule has 0 radical (unpaired) electrons. The molecular weight excluding hydrogens is 454 g/mol. The number of cyclic esters (lactones) is 1. The Hall–Kier alpha value is -2.05. The van der Waals surface area contributed by atoms with Gasteiger partial charge in [-0.2, -0.15) is 0 Å². The number of aliphatic hydroxyl groups excluding tert-OH is 2. The fraction of sp³-hybridized carbons (Fsp3) is 0.700. The van der Waals surface area contributed by atoms with Crippen molar-refractivity contribution in [3.63, 3.8) is 0 Å². The largest absolute Gasteiger partial charge is 0.458 e. The van der Waals surface area contributed by atoms with Gasteiger partial charge in [-0.3, -0.25) is 14.6 Å². The predicted molar refractivity (Wildman–Crippen MR) is 141 cm³/mol. The van der Waals surface area contributed by atoms with Crippen molar-refractivity contribution >= 4 is 17.8 Å². The molecule has 3 rings (SSSR count). The fourth-order valence-corrected chi connectivity index (χ4v) is 5.50. The van der Waals surface area contributed by atoms with Crippen LogP contribution in [0.1, 0.15) is 91.3 Å². The molecule has 0 aromatic carbocycles. The van der Waals surface area contributed by atoms with Gasteiger partial charge in [-0.05, 0) is 73.6 Å². The van der Waals surface area contributed by atoms with Gasteiger partial charge < -0.3 is 14.9 Å². The van der Waals surface area contributed by atoms with Crippen molar-refractivity contribution < 1.29 is 24.5 Å². The molecule has 1 saturated heterocycles. The molecule has 2 fully saturated rings. The molecule has 1 aliphatic heterocycles. The zero-order valence-electron chi connectivity index (χ0n) is 22.9. The number of carbonyl (C=O) groups excluding carboxylic acids is 2. The summed E-state index contributed by atoms with van der Waals surface area (Å²) in [7, 11) is 0. The SMILES string of the molecule is CCc1ccc(/C=C(\C)[C@@H]2C[C@@H]3C[C@H]3CCC[C@H](C)[C@H](O)[C@@H](C)C(=O)C(C)(C)[C@@H](O)CC(=O)O2)nc1. The number of hydrogen-bond donors (Lipinski definition) is 2. The van der Waals surface area contributed by atoms with Crippen LogP contribution in [0.3, 0.4) is 0 Å². The minimum Gasteiger partial charge on any atom is -0.458 e. The summed E-state index contributed by atoms with van der Waals surface area (Å²) in [6.45, 7) is 11.1. The summed E-state index contributed by atoms with van der Waals surface area (Å²) in [6.07, 6.45) is 6.96. The van der Waals surface area contributed by atoms with Crippen molar-refractivity contribution in [2.75, 3.05) is 0 Å². The molecule has 1 saturated carbocycles. The van der Waals surface area contributed by atoms with Gasteiger partial charge in [0.15, 0.2) is 0 Å². The van der Waals surface area contributed by atoms with Crippen molar-refractivity contribution in [3.8, 4) is 0 Å². The highest BCUT2D eigenvalue weighted by Gasteiger charge is 2.43. The fourth-order valence-electron chi connectivity index (χ4n) is 5.50. The van der Waals surface area contributed by atoms with E-state index in [1.807, 2.05) is 32.2 Å². The molecule has 0 unspecified atom stereocenters. The van der Waals surface area contributed by atoms with Crippen LogP contribution in [0.25, 0.3) is 6.08 Å². The number of ketones is 1. The van der Waals surface area contributed by atoms with Gasteiger partial charge in [0.05, 0.1) is 29.7 Å². The Morgan fingerprint density at radius 1 is 1.14 bits per heavy atom. The summed E-state index contributed by atoms with van der Waals surface area (Å²) >= 11 is 0. The van der Waals surface area contributed by atoms with Gasteiger partial charge >= 0.3 is 5.97 Å². The first-order valence-electron chi connectivity index (χ1n) is 13.7. The van der Waals surface area contributed by atoms with Crippen LogP contribution in [0.15, 0.2) is 23.9 Å². The van der Waals surface area contributed by atoms with Gasteiger partial charge in [0.2, 0.25) is 0 Å². The average Bonchev–Trinajstić information content (AvgIpc) is 3.59. The quantitative estimate of drug-likeness (QED) is 0.559. The van der Waals surface area contributed by atoms with E-state index in [1.165, 1.54) is 5.56 Å². The number of aromatic nitrogens is 1. The second kappa shape index (κ2) is 12.0. The normalized spacial score (nSPS) is 34.6. The Labute approximate surface area is 216 Å². The molecule has 0 spiro atoms. The first-order valence-corrected chi connectivity index (χ1v) is 13.7. The number of ether oxygens (including phenoxy) is 1. The van der Waals surface area contributed by atoms with Crippen molar-refractivity contribution in [2.24, 2.45) is 29.1 Å². The monoisotopic (exact) mass is 499 g/mol. The Morgan fingerprint density at radius 2 is 1.86 bits per heavy atom. The number of esters is 1. The molecule has 1 aromatic rings. The van der Waals surface area contributed by atoms with Crippen LogP contribution >= 0.6 is 0 Å². The summed E-state index contributed by atoms with van der Waals surface area (Å²) in [5, 5.41) is 21.7. The summed E-state index contributed by atoms with van der Waals surface area (Å²) in [5.41, 5.74) is 1.75. The van der Waals surface area contributed by atoms with Crippen LogP contribution in [-0.2, 0) is 20.7 Å². The molecule has 6 heteroatoms. The number of rotatable bonds is 3. The van der Waals surface area contributed by atoms with Gasteiger partial charge in [-0.25, -0.2) is 0 Å². The Morgan fingerprint density at radius 3 is 2.50 bits per heavy atom. The molecule has 0 amide bonds. The molecule has 1 aromatic heterocycles. The lowest BCUT2D eigenvalue weighted by Gasteiger charge is -2.34. The number of nitrogens with zero attached hydrogens (tertiary/aromatic N) is 1. The van der Waals surface area contributed by atoms with Crippen molar-refractivity contribution in [3.05, 3.63) is 35.2 Å². The smallest absolute Gasteiger partial charge is 0.309 e. The second-order valence-corrected chi connectivity index (χ2v) is 11.8. The maximum Gasteiger partial charge on any atom is 0.309 e. The van der Waals surface area contributed by atoms with Crippen LogP contribution < -0.4 is 0 Å². The molecule has 7 atom stereocenters. The molecule has 2 N–H and O–H groups in total. The molecule has 2 aliphatic rings. The Kier molecular flexibility index (Phi) is 9.50. The Bertz CT molecular complexity index is 937. The number of fused-ring (bicyclic) bond motifs is 1. The summed E-state index contributed by atoms with van der Waals surface area (Å²) < 4.78 is 5.94. The van der Waals surface area contributed by atoms with Crippen LogP contribution in [0.2, 0.25) is 0 Å². The number of pyridine rings is 1. The van der Waals surface area contributed by atoms with E-state index in [2.05, 4.69) is 18.0 Å². The molecule has 0 bridgehead atoms. The highest BCUT2D eigenvalue weighted by atomic mass is 16.5. The van der Waals surface area contributed by atoms with E-state index in [1.54, 1.807) is 20.8 Å². The van der Waals surface area contributed by atoms with E-state index in [4.69, 9.17) is 4.74 Å².